The smallest absolute Gasteiger partial charge is 0.339 e. The van der Waals surface area contributed by atoms with Gasteiger partial charge >= 0.3 is 5.97 Å². The molecule has 8 heteroatoms. The number of nitrogens with zero attached hydrogens (tertiary/aromatic N) is 2. The van der Waals surface area contributed by atoms with Gasteiger partial charge in [-0.3, -0.25) is 0 Å². The van der Waals surface area contributed by atoms with Gasteiger partial charge in [-0.05, 0) is 73.0 Å². The third-order valence-corrected chi connectivity index (χ3v) is 6.60. The fourth-order valence-electron chi connectivity index (χ4n) is 3.95. The van der Waals surface area contributed by atoms with Gasteiger partial charge in [-0.1, -0.05) is 36.4 Å². The summed E-state index contributed by atoms with van der Waals surface area (Å²) in [4.78, 5) is 12.6. The number of aromatic nitrogens is 1. The summed E-state index contributed by atoms with van der Waals surface area (Å²) >= 11 is 0. The summed E-state index contributed by atoms with van der Waals surface area (Å²) in [6, 6.07) is 25.2. The van der Waals surface area contributed by atoms with E-state index < -0.39 is 16.0 Å². The Labute approximate surface area is 204 Å². The number of ether oxygens (including phenoxy) is 1. The van der Waals surface area contributed by atoms with Gasteiger partial charge in [-0.2, -0.15) is 5.26 Å². The molecule has 3 aromatic carbocycles. The molecule has 0 unspecified atom stereocenters. The minimum absolute atomic E-state index is 0.00202. The number of primary sulfonamides is 1. The Morgan fingerprint density at radius 3 is 2.23 bits per heavy atom. The SMILES string of the molecule is CCOC(=O)c1cc(-c2ccc(-c3cccc(C#N)c3)cc2)n(-c2ccc(S(N)(=O)=O)cc2)c1C. The summed E-state index contributed by atoms with van der Waals surface area (Å²) in [5.74, 6) is -0.434. The molecule has 176 valence electrons. The molecule has 0 fully saturated rings. The summed E-state index contributed by atoms with van der Waals surface area (Å²) in [6.45, 7) is 3.81. The highest BCUT2D eigenvalue weighted by Crippen LogP contribution is 2.32. The van der Waals surface area contributed by atoms with E-state index in [1.807, 2.05) is 54.0 Å². The van der Waals surface area contributed by atoms with E-state index in [1.165, 1.54) is 12.1 Å². The van der Waals surface area contributed by atoms with Gasteiger partial charge in [0.2, 0.25) is 10.0 Å². The average Bonchev–Trinajstić information content (AvgIpc) is 3.21. The maximum Gasteiger partial charge on any atom is 0.339 e. The highest BCUT2D eigenvalue weighted by molar-refractivity contribution is 7.89. The third kappa shape index (κ3) is 4.87. The molecule has 35 heavy (non-hydrogen) atoms. The van der Waals surface area contributed by atoms with Crippen LogP contribution in [0.2, 0.25) is 0 Å². The molecule has 0 saturated carbocycles. The molecule has 7 nitrogen and oxygen atoms in total. The summed E-state index contributed by atoms with van der Waals surface area (Å²) < 4.78 is 30.5. The maximum atomic E-state index is 12.6. The van der Waals surface area contributed by atoms with Gasteiger partial charge in [0.25, 0.3) is 0 Å². The Morgan fingerprint density at radius 2 is 1.63 bits per heavy atom. The zero-order chi connectivity index (χ0) is 25.2. The monoisotopic (exact) mass is 485 g/mol. The molecule has 1 aromatic heterocycles. The Balaban J connectivity index is 1.82. The van der Waals surface area contributed by atoms with Gasteiger partial charge in [0.15, 0.2) is 0 Å². The zero-order valence-electron chi connectivity index (χ0n) is 19.2. The number of carbonyl (C=O) groups is 1. The van der Waals surface area contributed by atoms with Crippen LogP contribution in [0.25, 0.3) is 28.1 Å². The molecule has 4 rings (SSSR count). The van der Waals surface area contributed by atoms with Gasteiger partial charge in [-0.25, -0.2) is 18.4 Å². The standard InChI is InChI=1S/C27H23N3O4S/c1-3-34-27(31)25-16-26(30(18(25)2)23-11-13-24(14-12-23)35(29,32)33)21-9-7-20(8-10-21)22-6-4-5-19(15-22)17-28/h4-16H,3H2,1-2H3,(H2,29,32,33). The number of esters is 1. The van der Waals surface area contributed by atoms with Gasteiger partial charge in [0.1, 0.15) is 0 Å². The summed E-state index contributed by atoms with van der Waals surface area (Å²) in [5, 5.41) is 14.4. The van der Waals surface area contributed by atoms with Crippen LogP contribution >= 0.6 is 0 Å². The van der Waals surface area contributed by atoms with Crippen LogP contribution in [0.4, 0.5) is 0 Å². The summed E-state index contributed by atoms with van der Waals surface area (Å²) in [6.07, 6.45) is 0. The van der Waals surface area contributed by atoms with Crippen LogP contribution in [0.3, 0.4) is 0 Å². The Hall–Kier alpha value is -4.19. The predicted molar refractivity (Wildman–Crippen MR) is 133 cm³/mol. The lowest BCUT2D eigenvalue weighted by atomic mass is 10.0. The number of hydrogen-bond acceptors (Lipinski definition) is 5. The van der Waals surface area contributed by atoms with Crippen molar-refractivity contribution in [2.75, 3.05) is 6.61 Å². The molecule has 0 bridgehead atoms. The average molecular weight is 486 g/mol. The quantitative estimate of drug-likeness (QED) is 0.393. The van der Waals surface area contributed by atoms with Crippen LogP contribution in [-0.4, -0.2) is 25.6 Å². The molecular formula is C27H23N3O4S. The molecule has 0 radical (unpaired) electrons. The van der Waals surface area contributed by atoms with Crippen LogP contribution in [0, 0.1) is 18.3 Å². The maximum absolute atomic E-state index is 12.6. The second kappa shape index (κ2) is 9.58. The Kier molecular flexibility index (Phi) is 6.56. The zero-order valence-corrected chi connectivity index (χ0v) is 20.0. The molecular weight excluding hydrogens is 462 g/mol. The lowest BCUT2D eigenvalue weighted by Crippen LogP contribution is -2.12. The molecule has 4 aromatic rings. The van der Waals surface area contributed by atoms with E-state index in [-0.39, 0.29) is 11.5 Å². The van der Waals surface area contributed by atoms with E-state index in [4.69, 9.17) is 9.88 Å². The predicted octanol–water partition coefficient (Wildman–Crippen LogP) is 4.82. The normalized spacial score (nSPS) is 11.1. The van der Waals surface area contributed by atoms with E-state index >= 15 is 0 Å². The number of rotatable bonds is 6. The first kappa shape index (κ1) is 24.0. The third-order valence-electron chi connectivity index (χ3n) is 5.67. The number of nitrogens with two attached hydrogens (primary N) is 1. The first-order chi connectivity index (χ1) is 16.7. The molecule has 0 atom stereocenters. The summed E-state index contributed by atoms with van der Waals surface area (Å²) in [7, 11) is -3.83. The van der Waals surface area contributed by atoms with Crippen molar-refractivity contribution >= 4 is 16.0 Å². The van der Waals surface area contributed by atoms with Gasteiger partial charge in [0.05, 0.1) is 34.4 Å². The van der Waals surface area contributed by atoms with Gasteiger partial charge in [0, 0.05) is 11.4 Å². The fraction of sp³-hybridized carbons (Fsp3) is 0.111. The lowest BCUT2D eigenvalue weighted by molar-refractivity contribution is 0.0525. The van der Waals surface area contributed by atoms with Crippen molar-refractivity contribution in [2.45, 2.75) is 18.7 Å². The molecule has 0 spiro atoms. The van der Waals surface area contributed by atoms with Crippen molar-refractivity contribution < 1.29 is 17.9 Å². The number of hydrogen-bond donors (Lipinski definition) is 1. The number of carbonyl (C=O) groups excluding carboxylic acids is 1. The molecule has 0 aliphatic heterocycles. The lowest BCUT2D eigenvalue weighted by Gasteiger charge is -2.13. The van der Waals surface area contributed by atoms with Crippen LogP contribution in [0.5, 0.6) is 0 Å². The fourth-order valence-corrected chi connectivity index (χ4v) is 4.47. The van der Waals surface area contributed by atoms with Crippen LogP contribution in [0.15, 0.2) is 83.8 Å². The van der Waals surface area contributed by atoms with E-state index in [1.54, 1.807) is 31.2 Å². The largest absolute Gasteiger partial charge is 0.462 e. The van der Waals surface area contributed by atoms with E-state index in [2.05, 4.69) is 6.07 Å². The summed E-state index contributed by atoms with van der Waals surface area (Å²) in [5.41, 5.74) is 5.79. The van der Waals surface area contributed by atoms with Crippen molar-refractivity contribution in [3.05, 3.63) is 95.7 Å². The van der Waals surface area contributed by atoms with Crippen LogP contribution in [-0.2, 0) is 14.8 Å². The van der Waals surface area contributed by atoms with Crippen molar-refractivity contribution in [3.8, 4) is 34.1 Å². The van der Waals surface area contributed by atoms with Gasteiger partial charge < -0.3 is 9.30 Å². The van der Waals surface area contributed by atoms with Gasteiger partial charge in [-0.15, -0.1) is 0 Å². The Morgan fingerprint density at radius 1 is 0.971 bits per heavy atom. The molecule has 0 saturated heterocycles. The number of sulfonamides is 1. The topological polar surface area (TPSA) is 115 Å². The first-order valence-electron chi connectivity index (χ1n) is 10.9. The van der Waals surface area contributed by atoms with Crippen molar-refractivity contribution in [1.29, 1.82) is 5.26 Å². The molecule has 2 N–H and O–H groups in total. The highest BCUT2D eigenvalue weighted by atomic mass is 32.2. The molecule has 0 aliphatic rings. The van der Waals surface area contributed by atoms with Crippen molar-refractivity contribution in [3.63, 3.8) is 0 Å². The van der Waals surface area contributed by atoms with E-state index in [9.17, 15) is 18.5 Å². The van der Waals surface area contributed by atoms with E-state index in [0.29, 0.717) is 22.5 Å². The number of nitriles is 1. The van der Waals surface area contributed by atoms with Crippen molar-refractivity contribution in [2.24, 2.45) is 5.14 Å². The van der Waals surface area contributed by atoms with Crippen molar-refractivity contribution in [1.82, 2.24) is 4.57 Å². The van der Waals surface area contributed by atoms with E-state index in [0.717, 1.165) is 22.4 Å². The molecule has 0 aliphatic carbocycles. The second-order valence-corrected chi connectivity index (χ2v) is 9.45. The minimum atomic E-state index is -3.83. The second-order valence-electron chi connectivity index (χ2n) is 7.89. The molecule has 1 heterocycles. The first-order valence-corrected chi connectivity index (χ1v) is 12.4. The highest BCUT2D eigenvalue weighted by Gasteiger charge is 2.21. The Bertz CT molecular complexity index is 1550. The number of benzene rings is 3. The van der Waals surface area contributed by atoms with Crippen LogP contribution in [0.1, 0.15) is 28.5 Å². The minimum Gasteiger partial charge on any atom is -0.462 e. The molecule has 0 amide bonds. The van der Waals surface area contributed by atoms with Crippen LogP contribution < -0.4 is 5.14 Å².